The number of hydrogen-bond donors (Lipinski definition) is 1. The van der Waals surface area contributed by atoms with Crippen molar-refractivity contribution in [3.05, 3.63) is 64.1 Å². The van der Waals surface area contributed by atoms with Crippen molar-refractivity contribution in [3.63, 3.8) is 0 Å². The Kier molecular flexibility index (Phi) is 5.22. The summed E-state index contributed by atoms with van der Waals surface area (Å²) in [5, 5.41) is 9.38. The van der Waals surface area contributed by atoms with Gasteiger partial charge in [0.15, 0.2) is 0 Å². The van der Waals surface area contributed by atoms with Crippen molar-refractivity contribution in [2.45, 2.75) is 38.1 Å². The fourth-order valence-electron chi connectivity index (χ4n) is 3.45. The van der Waals surface area contributed by atoms with Gasteiger partial charge in [-0.3, -0.25) is 9.59 Å². The Labute approximate surface area is 147 Å². The van der Waals surface area contributed by atoms with Gasteiger partial charge in [-0.2, -0.15) is 0 Å². The third-order valence-corrected chi connectivity index (χ3v) is 4.92. The Hall–Kier alpha value is -2.56. The first-order chi connectivity index (χ1) is 12.0. The first-order valence-corrected chi connectivity index (χ1v) is 8.80. The fourth-order valence-corrected chi connectivity index (χ4v) is 3.45. The standard InChI is InChI=1S/C20H24N2O3/c1-21-14-16(8-12-19(21)24)20(25)22-13-3-2-4-17(22)9-5-15-6-10-18(23)11-7-15/h6-8,10-12,14,17,23H,2-5,9,13H2,1H3. The van der Waals surface area contributed by atoms with Gasteiger partial charge in [-0.1, -0.05) is 12.1 Å². The molecule has 1 saturated heterocycles. The molecule has 1 unspecified atom stereocenters. The topological polar surface area (TPSA) is 62.5 Å². The second-order valence-corrected chi connectivity index (χ2v) is 6.72. The molecule has 2 heterocycles. The summed E-state index contributed by atoms with van der Waals surface area (Å²) in [5.74, 6) is 0.277. The number of aryl methyl sites for hydroxylation is 2. The number of pyridine rings is 1. The predicted octanol–water partition coefficient (Wildman–Crippen LogP) is 2.72. The molecule has 0 spiro atoms. The average molecular weight is 340 g/mol. The number of amides is 1. The molecule has 0 aliphatic carbocycles. The zero-order valence-corrected chi connectivity index (χ0v) is 14.5. The molecule has 1 aromatic carbocycles. The molecule has 1 fully saturated rings. The van der Waals surface area contributed by atoms with E-state index < -0.39 is 0 Å². The molecule has 25 heavy (non-hydrogen) atoms. The van der Waals surface area contributed by atoms with E-state index in [2.05, 4.69) is 0 Å². The molecule has 132 valence electrons. The van der Waals surface area contributed by atoms with Crippen molar-refractivity contribution in [3.8, 4) is 5.75 Å². The maximum atomic E-state index is 12.9. The Bertz CT molecular complexity index is 795. The van der Waals surface area contributed by atoms with Crippen LogP contribution in [-0.4, -0.2) is 33.1 Å². The molecule has 0 radical (unpaired) electrons. The number of piperidine rings is 1. The Morgan fingerprint density at radius 3 is 2.64 bits per heavy atom. The van der Waals surface area contributed by atoms with E-state index in [0.717, 1.165) is 44.2 Å². The number of rotatable bonds is 4. The van der Waals surface area contributed by atoms with Crippen molar-refractivity contribution in [1.82, 2.24) is 9.47 Å². The summed E-state index contributed by atoms with van der Waals surface area (Å²) in [5.41, 5.74) is 1.62. The molecule has 5 nitrogen and oxygen atoms in total. The van der Waals surface area contributed by atoms with Crippen molar-refractivity contribution in [2.75, 3.05) is 6.54 Å². The van der Waals surface area contributed by atoms with E-state index in [1.54, 1.807) is 31.4 Å². The Morgan fingerprint density at radius 2 is 1.92 bits per heavy atom. The van der Waals surface area contributed by atoms with Crippen LogP contribution >= 0.6 is 0 Å². The first-order valence-electron chi connectivity index (χ1n) is 8.80. The molecule has 1 atom stereocenters. The number of phenols is 1. The lowest BCUT2D eigenvalue weighted by molar-refractivity contribution is 0.0601. The number of likely N-dealkylation sites (tertiary alicyclic amines) is 1. The molecule has 2 aromatic rings. The van der Waals surface area contributed by atoms with Crippen LogP contribution in [0.2, 0.25) is 0 Å². The van der Waals surface area contributed by atoms with Crippen LogP contribution in [0, 0.1) is 0 Å². The van der Waals surface area contributed by atoms with E-state index in [0.29, 0.717) is 5.56 Å². The monoisotopic (exact) mass is 340 g/mol. The Morgan fingerprint density at radius 1 is 1.16 bits per heavy atom. The van der Waals surface area contributed by atoms with Gasteiger partial charge < -0.3 is 14.6 Å². The minimum Gasteiger partial charge on any atom is -0.508 e. The van der Waals surface area contributed by atoms with E-state index in [4.69, 9.17) is 0 Å². The van der Waals surface area contributed by atoms with Crippen molar-refractivity contribution in [2.24, 2.45) is 7.05 Å². The van der Waals surface area contributed by atoms with Gasteiger partial charge in [-0.05, 0) is 55.9 Å². The van der Waals surface area contributed by atoms with Crippen molar-refractivity contribution in [1.29, 1.82) is 0 Å². The average Bonchev–Trinajstić information content (AvgIpc) is 2.63. The van der Waals surface area contributed by atoms with Gasteiger partial charge >= 0.3 is 0 Å². The van der Waals surface area contributed by atoms with Crippen LogP contribution in [0.15, 0.2) is 47.4 Å². The summed E-state index contributed by atoms with van der Waals surface area (Å²) < 4.78 is 1.45. The van der Waals surface area contributed by atoms with Gasteiger partial charge in [-0.15, -0.1) is 0 Å². The lowest BCUT2D eigenvalue weighted by Crippen LogP contribution is -2.44. The molecule has 1 aliphatic rings. The number of benzene rings is 1. The van der Waals surface area contributed by atoms with Gasteiger partial charge in [0.1, 0.15) is 5.75 Å². The molecular formula is C20H24N2O3. The lowest BCUT2D eigenvalue weighted by atomic mass is 9.95. The van der Waals surface area contributed by atoms with Crippen molar-refractivity contribution >= 4 is 5.91 Å². The highest BCUT2D eigenvalue weighted by Gasteiger charge is 2.27. The lowest BCUT2D eigenvalue weighted by Gasteiger charge is -2.36. The van der Waals surface area contributed by atoms with Gasteiger partial charge in [-0.25, -0.2) is 0 Å². The van der Waals surface area contributed by atoms with Gasteiger partial charge in [0.2, 0.25) is 5.56 Å². The van der Waals surface area contributed by atoms with E-state index in [9.17, 15) is 14.7 Å². The van der Waals surface area contributed by atoms with Crippen LogP contribution in [0.25, 0.3) is 0 Å². The van der Waals surface area contributed by atoms with E-state index in [-0.39, 0.29) is 23.3 Å². The smallest absolute Gasteiger partial charge is 0.255 e. The normalized spacial score (nSPS) is 17.5. The molecule has 1 N–H and O–H groups in total. The van der Waals surface area contributed by atoms with Crippen molar-refractivity contribution < 1.29 is 9.90 Å². The zero-order chi connectivity index (χ0) is 17.8. The molecule has 3 rings (SSSR count). The minimum atomic E-state index is -0.112. The summed E-state index contributed by atoms with van der Waals surface area (Å²) in [4.78, 5) is 26.4. The SMILES string of the molecule is Cn1cc(C(=O)N2CCCCC2CCc2ccc(O)cc2)ccc1=O. The first kappa shape index (κ1) is 17.3. The molecule has 1 aliphatic heterocycles. The number of aromatic nitrogens is 1. The molecule has 5 heteroatoms. The van der Waals surface area contributed by atoms with Crippen LogP contribution in [0.5, 0.6) is 5.75 Å². The largest absolute Gasteiger partial charge is 0.508 e. The highest BCUT2D eigenvalue weighted by molar-refractivity contribution is 5.94. The zero-order valence-electron chi connectivity index (χ0n) is 14.5. The highest BCUT2D eigenvalue weighted by atomic mass is 16.3. The van der Waals surface area contributed by atoms with E-state index >= 15 is 0 Å². The number of carbonyl (C=O) groups excluding carboxylic acids is 1. The van der Waals surface area contributed by atoms with E-state index in [1.807, 2.05) is 17.0 Å². The second-order valence-electron chi connectivity index (χ2n) is 6.72. The number of nitrogens with zero attached hydrogens (tertiary/aromatic N) is 2. The van der Waals surface area contributed by atoms with Crippen LogP contribution in [0.1, 0.15) is 41.6 Å². The highest BCUT2D eigenvalue weighted by Crippen LogP contribution is 2.23. The number of phenolic OH excluding ortho intramolecular Hbond substituents is 1. The summed E-state index contributed by atoms with van der Waals surface area (Å²) in [6.07, 6.45) is 6.57. The van der Waals surface area contributed by atoms with Crippen LogP contribution in [-0.2, 0) is 13.5 Å². The second kappa shape index (κ2) is 7.55. The summed E-state index contributed by atoms with van der Waals surface area (Å²) in [6.45, 7) is 0.766. The molecule has 1 aromatic heterocycles. The van der Waals surface area contributed by atoms with Gasteiger partial charge in [0.25, 0.3) is 5.91 Å². The third kappa shape index (κ3) is 4.10. The predicted molar refractivity (Wildman–Crippen MR) is 96.8 cm³/mol. The summed E-state index contributed by atoms with van der Waals surface area (Å²) in [7, 11) is 1.66. The van der Waals surface area contributed by atoms with Crippen LogP contribution < -0.4 is 5.56 Å². The molecule has 1 amide bonds. The maximum absolute atomic E-state index is 12.9. The van der Waals surface area contributed by atoms with Crippen LogP contribution in [0.3, 0.4) is 0 Å². The number of aromatic hydroxyl groups is 1. The maximum Gasteiger partial charge on any atom is 0.255 e. The minimum absolute atomic E-state index is 0.00556. The summed E-state index contributed by atoms with van der Waals surface area (Å²) >= 11 is 0. The third-order valence-electron chi connectivity index (χ3n) is 4.92. The number of carbonyl (C=O) groups is 1. The fraction of sp³-hybridized carbons (Fsp3) is 0.400. The van der Waals surface area contributed by atoms with E-state index in [1.165, 1.54) is 10.6 Å². The number of hydrogen-bond acceptors (Lipinski definition) is 3. The molecule has 0 bridgehead atoms. The summed E-state index contributed by atoms with van der Waals surface area (Å²) in [6, 6.07) is 10.5. The molecular weight excluding hydrogens is 316 g/mol. The quantitative estimate of drug-likeness (QED) is 0.931. The molecule has 0 saturated carbocycles. The van der Waals surface area contributed by atoms with Gasteiger partial charge in [0, 0.05) is 31.9 Å². The Balaban J connectivity index is 1.71. The van der Waals surface area contributed by atoms with Gasteiger partial charge in [0.05, 0.1) is 5.56 Å². The van der Waals surface area contributed by atoms with Crippen LogP contribution in [0.4, 0.5) is 0 Å².